The molecule has 0 aromatic carbocycles. The Bertz CT molecular complexity index is 784. The lowest BCUT2D eigenvalue weighted by atomic mass is 9.99. The Hall–Kier alpha value is -2.47. The maximum atomic E-state index is 12.9. The van der Waals surface area contributed by atoms with Gasteiger partial charge in [-0.1, -0.05) is 31.9 Å². The number of thiophene rings is 1. The van der Waals surface area contributed by atoms with Crippen molar-refractivity contribution in [2.24, 2.45) is 0 Å². The SMILES string of the molecule is CCCCCN1C(=O)C(O)=C(C(=O)c2cccs2)C1c1ccccn1. The van der Waals surface area contributed by atoms with Gasteiger partial charge in [-0.3, -0.25) is 14.6 Å². The van der Waals surface area contributed by atoms with Gasteiger partial charge in [-0.05, 0) is 30.0 Å². The number of aliphatic hydroxyl groups is 1. The molecule has 1 N–H and O–H groups in total. The van der Waals surface area contributed by atoms with Crippen molar-refractivity contribution in [2.45, 2.75) is 32.2 Å². The molecule has 25 heavy (non-hydrogen) atoms. The number of Topliss-reactive ketones (excluding diaryl/α,β-unsaturated/α-hetero) is 1. The van der Waals surface area contributed by atoms with Crippen molar-refractivity contribution >= 4 is 23.0 Å². The molecule has 0 saturated carbocycles. The van der Waals surface area contributed by atoms with Gasteiger partial charge in [0.1, 0.15) is 6.04 Å². The van der Waals surface area contributed by atoms with Crippen molar-refractivity contribution in [3.63, 3.8) is 0 Å². The minimum atomic E-state index is -0.639. The van der Waals surface area contributed by atoms with E-state index in [0.717, 1.165) is 19.3 Å². The van der Waals surface area contributed by atoms with Crippen molar-refractivity contribution < 1.29 is 14.7 Å². The summed E-state index contributed by atoms with van der Waals surface area (Å²) >= 11 is 1.30. The van der Waals surface area contributed by atoms with Crippen LogP contribution >= 0.6 is 11.3 Å². The van der Waals surface area contributed by atoms with Gasteiger partial charge >= 0.3 is 0 Å². The molecule has 0 radical (unpaired) electrons. The standard InChI is InChI=1S/C19H20N2O3S/c1-2-3-6-11-21-16(13-8-4-5-10-20-13)15(18(23)19(21)24)17(22)14-9-7-12-25-14/h4-5,7-10,12,16,23H,2-3,6,11H2,1H3. The Labute approximate surface area is 150 Å². The van der Waals surface area contributed by atoms with Crippen LogP contribution in [0.1, 0.15) is 47.6 Å². The number of aliphatic hydroxyl groups excluding tert-OH is 1. The van der Waals surface area contributed by atoms with Crippen molar-refractivity contribution in [3.05, 3.63) is 63.8 Å². The average molecular weight is 356 g/mol. The smallest absolute Gasteiger partial charge is 0.290 e. The van der Waals surface area contributed by atoms with Crippen LogP contribution in [-0.4, -0.2) is 33.2 Å². The van der Waals surface area contributed by atoms with E-state index in [0.29, 0.717) is 17.1 Å². The summed E-state index contributed by atoms with van der Waals surface area (Å²) in [7, 11) is 0. The molecule has 130 valence electrons. The molecule has 0 aliphatic carbocycles. The molecule has 1 aliphatic rings. The van der Waals surface area contributed by atoms with Gasteiger partial charge in [0, 0.05) is 12.7 Å². The summed E-state index contributed by atoms with van der Waals surface area (Å²) in [6.07, 6.45) is 4.45. The van der Waals surface area contributed by atoms with Gasteiger partial charge in [0.05, 0.1) is 16.1 Å². The Kier molecular flexibility index (Phi) is 5.28. The van der Waals surface area contributed by atoms with E-state index >= 15 is 0 Å². The zero-order valence-electron chi connectivity index (χ0n) is 14.0. The number of rotatable bonds is 7. The Morgan fingerprint density at radius 3 is 2.76 bits per heavy atom. The van der Waals surface area contributed by atoms with E-state index in [1.807, 2.05) is 6.07 Å². The first-order valence-electron chi connectivity index (χ1n) is 8.38. The molecule has 1 unspecified atom stereocenters. The van der Waals surface area contributed by atoms with Gasteiger partial charge in [-0.15, -0.1) is 11.3 Å². The fourth-order valence-corrected chi connectivity index (χ4v) is 3.71. The minimum absolute atomic E-state index is 0.127. The highest BCUT2D eigenvalue weighted by molar-refractivity contribution is 7.12. The average Bonchev–Trinajstić information content (AvgIpc) is 3.25. The number of nitrogens with zero attached hydrogens (tertiary/aromatic N) is 2. The number of aromatic nitrogens is 1. The Morgan fingerprint density at radius 2 is 2.12 bits per heavy atom. The van der Waals surface area contributed by atoms with Crippen LogP contribution in [0.15, 0.2) is 53.2 Å². The molecule has 1 aliphatic heterocycles. The molecule has 1 amide bonds. The van der Waals surface area contributed by atoms with E-state index in [1.165, 1.54) is 11.3 Å². The molecule has 2 aromatic heterocycles. The van der Waals surface area contributed by atoms with Gasteiger partial charge in [-0.2, -0.15) is 0 Å². The zero-order valence-corrected chi connectivity index (χ0v) is 14.8. The van der Waals surface area contributed by atoms with E-state index in [9.17, 15) is 14.7 Å². The largest absolute Gasteiger partial charge is 0.503 e. The van der Waals surface area contributed by atoms with Gasteiger partial charge in [0.25, 0.3) is 5.91 Å². The topological polar surface area (TPSA) is 70.5 Å². The normalized spacial score (nSPS) is 17.4. The van der Waals surface area contributed by atoms with Crippen LogP contribution in [0, 0.1) is 0 Å². The van der Waals surface area contributed by atoms with Crippen LogP contribution in [0.4, 0.5) is 0 Å². The second-order valence-electron chi connectivity index (χ2n) is 5.93. The van der Waals surface area contributed by atoms with Crippen molar-refractivity contribution in [1.29, 1.82) is 0 Å². The molecule has 0 bridgehead atoms. The number of carbonyl (C=O) groups is 2. The molecule has 0 saturated heterocycles. The summed E-state index contributed by atoms with van der Waals surface area (Å²) in [5.74, 6) is -1.26. The monoisotopic (exact) mass is 356 g/mol. The van der Waals surface area contributed by atoms with Crippen molar-refractivity contribution in [3.8, 4) is 0 Å². The zero-order chi connectivity index (χ0) is 17.8. The second kappa shape index (κ2) is 7.61. The van der Waals surface area contributed by atoms with Crippen molar-refractivity contribution in [1.82, 2.24) is 9.88 Å². The third-order valence-corrected chi connectivity index (χ3v) is 5.13. The molecule has 6 heteroatoms. The predicted octanol–water partition coefficient (Wildman–Crippen LogP) is 3.91. The second-order valence-corrected chi connectivity index (χ2v) is 6.88. The molecule has 5 nitrogen and oxygen atoms in total. The fraction of sp³-hybridized carbons (Fsp3) is 0.316. The quantitative estimate of drug-likeness (QED) is 0.603. The summed E-state index contributed by atoms with van der Waals surface area (Å²) < 4.78 is 0. The van der Waals surface area contributed by atoms with Crippen LogP contribution in [0.25, 0.3) is 0 Å². The maximum Gasteiger partial charge on any atom is 0.290 e. The lowest BCUT2D eigenvalue weighted by Gasteiger charge is -2.25. The van der Waals surface area contributed by atoms with Crippen LogP contribution in [0.5, 0.6) is 0 Å². The van der Waals surface area contributed by atoms with Crippen molar-refractivity contribution in [2.75, 3.05) is 6.54 Å². The first-order chi connectivity index (χ1) is 12.1. The van der Waals surface area contributed by atoms with Crippen LogP contribution < -0.4 is 0 Å². The highest BCUT2D eigenvalue weighted by Gasteiger charge is 2.44. The summed E-state index contributed by atoms with van der Waals surface area (Å²) in [5, 5.41) is 12.2. The van der Waals surface area contributed by atoms with Gasteiger partial charge in [-0.25, -0.2) is 0 Å². The highest BCUT2D eigenvalue weighted by Crippen LogP contribution is 2.38. The summed E-state index contributed by atoms with van der Waals surface area (Å²) in [6, 6.07) is 8.23. The number of unbranched alkanes of at least 4 members (excludes halogenated alkanes) is 2. The predicted molar refractivity (Wildman–Crippen MR) is 96.5 cm³/mol. The van der Waals surface area contributed by atoms with E-state index in [-0.39, 0.29) is 11.4 Å². The number of carbonyl (C=O) groups excluding carboxylic acids is 2. The molecule has 1 atom stereocenters. The lowest BCUT2D eigenvalue weighted by molar-refractivity contribution is -0.129. The van der Waals surface area contributed by atoms with Crippen LogP contribution in [0.3, 0.4) is 0 Å². The molecule has 0 spiro atoms. The molecular weight excluding hydrogens is 336 g/mol. The number of ketones is 1. The van der Waals surface area contributed by atoms with Gasteiger partial charge < -0.3 is 10.0 Å². The third kappa shape index (κ3) is 3.35. The van der Waals surface area contributed by atoms with Crippen LogP contribution in [0.2, 0.25) is 0 Å². The fourth-order valence-electron chi connectivity index (χ4n) is 3.03. The van der Waals surface area contributed by atoms with E-state index in [2.05, 4.69) is 11.9 Å². The van der Waals surface area contributed by atoms with E-state index in [4.69, 9.17) is 0 Å². The first kappa shape index (κ1) is 17.4. The molecular formula is C19H20N2O3S. The van der Waals surface area contributed by atoms with Gasteiger partial charge in [0.15, 0.2) is 5.76 Å². The lowest BCUT2D eigenvalue weighted by Crippen LogP contribution is -2.32. The Morgan fingerprint density at radius 1 is 1.28 bits per heavy atom. The Balaban J connectivity index is 2.01. The molecule has 0 fully saturated rings. The third-order valence-electron chi connectivity index (χ3n) is 4.26. The number of amides is 1. The van der Waals surface area contributed by atoms with E-state index < -0.39 is 17.7 Å². The summed E-state index contributed by atoms with van der Waals surface area (Å²) in [5.41, 5.74) is 0.721. The van der Waals surface area contributed by atoms with E-state index in [1.54, 1.807) is 40.7 Å². The molecule has 3 heterocycles. The number of pyridine rings is 1. The van der Waals surface area contributed by atoms with Crippen LogP contribution in [-0.2, 0) is 4.79 Å². The summed E-state index contributed by atoms with van der Waals surface area (Å²) in [6.45, 7) is 2.57. The minimum Gasteiger partial charge on any atom is -0.503 e. The molecule has 2 aromatic rings. The van der Waals surface area contributed by atoms with Gasteiger partial charge in [0.2, 0.25) is 5.78 Å². The maximum absolute atomic E-state index is 12.9. The molecule has 3 rings (SSSR count). The number of hydrogen-bond acceptors (Lipinski definition) is 5. The first-order valence-corrected chi connectivity index (χ1v) is 9.26. The summed E-state index contributed by atoms with van der Waals surface area (Å²) in [4.78, 5) is 31.9. The highest BCUT2D eigenvalue weighted by atomic mass is 32.1. The number of hydrogen-bond donors (Lipinski definition) is 1.